The molecular weight excluding hydrogens is 362 g/mol. The smallest absolute Gasteiger partial charge is 0.305 e. The molecule has 2 N–H and O–H groups in total. The summed E-state index contributed by atoms with van der Waals surface area (Å²) >= 11 is 3.42. The molecule has 1 aliphatic rings. The highest BCUT2D eigenvalue weighted by Gasteiger charge is 2.38. The van der Waals surface area contributed by atoms with Gasteiger partial charge in [-0.05, 0) is 41.5 Å². The molecule has 0 aliphatic carbocycles. The van der Waals surface area contributed by atoms with Gasteiger partial charge in [0.25, 0.3) is 5.91 Å². The van der Waals surface area contributed by atoms with Gasteiger partial charge in [-0.2, -0.15) is 0 Å². The third-order valence-electron chi connectivity index (χ3n) is 4.04. The van der Waals surface area contributed by atoms with Crippen LogP contribution < -0.4 is 5.32 Å². The first-order valence-electron chi connectivity index (χ1n) is 7.29. The first kappa shape index (κ1) is 16.0. The molecule has 0 radical (unpaired) electrons. The van der Waals surface area contributed by atoms with Crippen LogP contribution >= 0.6 is 15.9 Å². The largest absolute Gasteiger partial charge is 0.481 e. The Kier molecular flexibility index (Phi) is 4.37. The van der Waals surface area contributed by atoms with Gasteiger partial charge in [0, 0.05) is 16.6 Å². The molecule has 0 saturated carbocycles. The molecule has 6 heteroatoms. The number of amides is 1. The van der Waals surface area contributed by atoms with Crippen LogP contribution in [-0.2, 0) is 9.53 Å². The maximum Gasteiger partial charge on any atom is 0.305 e. The van der Waals surface area contributed by atoms with Crippen molar-refractivity contribution in [1.29, 1.82) is 0 Å². The molecule has 1 heterocycles. The number of halogens is 1. The molecular formula is C17H16BrNO4. The van der Waals surface area contributed by atoms with Crippen LogP contribution in [-0.4, -0.2) is 35.7 Å². The summed E-state index contributed by atoms with van der Waals surface area (Å²) in [6.07, 6.45) is 0.366. The summed E-state index contributed by atoms with van der Waals surface area (Å²) in [5.74, 6) is -1.22. The molecule has 1 aliphatic heterocycles. The van der Waals surface area contributed by atoms with Crippen LogP contribution in [0.15, 0.2) is 40.9 Å². The molecule has 1 fully saturated rings. The van der Waals surface area contributed by atoms with E-state index in [0.29, 0.717) is 18.6 Å². The lowest BCUT2D eigenvalue weighted by atomic mass is 9.93. The Hall–Kier alpha value is -1.92. The molecule has 3 rings (SSSR count). The zero-order valence-corrected chi connectivity index (χ0v) is 13.9. The molecule has 0 spiro atoms. The Morgan fingerprint density at radius 1 is 1.22 bits per heavy atom. The topological polar surface area (TPSA) is 75.6 Å². The van der Waals surface area contributed by atoms with Crippen molar-refractivity contribution >= 4 is 38.6 Å². The molecule has 1 atom stereocenters. The highest BCUT2D eigenvalue weighted by atomic mass is 79.9. The molecule has 1 amide bonds. The second-order valence-corrected chi connectivity index (χ2v) is 6.73. The predicted molar refractivity (Wildman–Crippen MR) is 89.5 cm³/mol. The van der Waals surface area contributed by atoms with Crippen molar-refractivity contribution < 1.29 is 19.4 Å². The Bertz CT molecular complexity index is 768. The lowest BCUT2D eigenvalue weighted by Crippen LogP contribution is -2.50. The van der Waals surface area contributed by atoms with E-state index in [2.05, 4.69) is 21.2 Å². The average Bonchev–Trinajstić information content (AvgIpc) is 2.93. The monoisotopic (exact) mass is 377 g/mol. The number of carboxylic acid groups (broad SMARTS) is 1. The van der Waals surface area contributed by atoms with Crippen LogP contribution in [0.25, 0.3) is 10.8 Å². The van der Waals surface area contributed by atoms with Gasteiger partial charge in [-0.3, -0.25) is 9.59 Å². The summed E-state index contributed by atoms with van der Waals surface area (Å²) in [7, 11) is 0. The second-order valence-electron chi connectivity index (χ2n) is 5.81. The van der Waals surface area contributed by atoms with Crippen molar-refractivity contribution in [2.75, 3.05) is 13.2 Å². The van der Waals surface area contributed by atoms with Crippen LogP contribution in [0.3, 0.4) is 0 Å². The van der Waals surface area contributed by atoms with Gasteiger partial charge >= 0.3 is 5.97 Å². The van der Waals surface area contributed by atoms with E-state index in [1.54, 1.807) is 12.1 Å². The van der Waals surface area contributed by atoms with Gasteiger partial charge in [0.05, 0.1) is 18.6 Å². The fourth-order valence-corrected chi connectivity index (χ4v) is 3.23. The van der Waals surface area contributed by atoms with Crippen LogP contribution in [0.5, 0.6) is 0 Å². The van der Waals surface area contributed by atoms with E-state index in [4.69, 9.17) is 9.84 Å². The second kappa shape index (κ2) is 6.29. The molecule has 5 nitrogen and oxygen atoms in total. The zero-order valence-electron chi connectivity index (χ0n) is 12.3. The standard InChI is InChI=1S/C17H16BrNO4/c18-14-4-3-11-7-13(2-1-12(11)8-14)16(22)19-17(9-15(20)21)5-6-23-10-17/h1-4,7-8H,5-6,9-10H2,(H,19,22)(H,20,21). The third kappa shape index (κ3) is 3.54. The summed E-state index contributed by atoms with van der Waals surface area (Å²) in [5, 5.41) is 13.9. The Balaban J connectivity index is 1.84. The van der Waals surface area contributed by atoms with Crippen molar-refractivity contribution in [1.82, 2.24) is 5.32 Å². The first-order valence-corrected chi connectivity index (χ1v) is 8.08. The minimum atomic E-state index is -0.945. The Morgan fingerprint density at radius 2 is 1.96 bits per heavy atom. The molecule has 0 bridgehead atoms. The number of aliphatic carboxylic acids is 1. The quantitative estimate of drug-likeness (QED) is 0.858. The fraction of sp³-hybridized carbons (Fsp3) is 0.294. The van der Waals surface area contributed by atoms with E-state index < -0.39 is 11.5 Å². The molecule has 1 unspecified atom stereocenters. The van der Waals surface area contributed by atoms with Gasteiger partial charge in [-0.25, -0.2) is 0 Å². The van der Waals surface area contributed by atoms with Crippen molar-refractivity contribution in [2.45, 2.75) is 18.4 Å². The van der Waals surface area contributed by atoms with E-state index in [1.807, 2.05) is 24.3 Å². The number of rotatable bonds is 4. The van der Waals surface area contributed by atoms with Gasteiger partial charge in [0.2, 0.25) is 0 Å². The van der Waals surface area contributed by atoms with Gasteiger partial charge in [0.1, 0.15) is 0 Å². The minimum Gasteiger partial charge on any atom is -0.481 e. The number of nitrogens with one attached hydrogen (secondary N) is 1. The molecule has 2 aromatic carbocycles. The summed E-state index contributed by atoms with van der Waals surface area (Å²) in [6, 6.07) is 11.3. The van der Waals surface area contributed by atoms with Gasteiger partial charge in [0.15, 0.2) is 0 Å². The zero-order chi connectivity index (χ0) is 16.4. The van der Waals surface area contributed by atoms with E-state index in [1.165, 1.54) is 0 Å². The summed E-state index contributed by atoms with van der Waals surface area (Å²) in [6.45, 7) is 0.685. The summed E-state index contributed by atoms with van der Waals surface area (Å²) < 4.78 is 6.28. The van der Waals surface area contributed by atoms with E-state index in [9.17, 15) is 9.59 Å². The number of benzene rings is 2. The van der Waals surface area contributed by atoms with E-state index >= 15 is 0 Å². The molecule has 120 valence electrons. The molecule has 1 saturated heterocycles. The highest BCUT2D eigenvalue weighted by Crippen LogP contribution is 2.25. The molecule has 2 aromatic rings. The first-order chi connectivity index (χ1) is 11.0. The van der Waals surface area contributed by atoms with Gasteiger partial charge in [-0.15, -0.1) is 0 Å². The highest BCUT2D eigenvalue weighted by molar-refractivity contribution is 9.10. The lowest BCUT2D eigenvalue weighted by Gasteiger charge is -2.27. The SMILES string of the molecule is O=C(O)CC1(NC(=O)c2ccc3cc(Br)ccc3c2)CCOC1. The minimum absolute atomic E-state index is 0.140. The van der Waals surface area contributed by atoms with Crippen molar-refractivity contribution in [3.63, 3.8) is 0 Å². The van der Waals surface area contributed by atoms with Crippen LogP contribution in [0.1, 0.15) is 23.2 Å². The summed E-state index contributed by atoms with van der Waals surface area (Å²) in [4.78, 5) is 23.6. The number of hydrogen-bond donors (Lipinski definition) is 2. The van der Waals surface area contributed by atoms with Gasteiger partial charge in [-0.1, -0.05) is 28.1 Å². The van der Waals surface area contributed by atoms with Crippen LogP contribution in [0.4, 0.5) is 0 Å². The van der Waals surface area contributed by atoms with Crippen LogP contribution in [0, 0.1) is 0 Å². The Labute approximate surface area is 141 Å². The number of ether oxygens (including phenoxy) is 1. The van der Waals surface area contributed by atoms with Crippen molar-refractivity contribution in [3.05, 3.63) is 46.4 Å². The predicted octanol–water partition coefficient (Wildman–Crippen LogP) is 2.97. The fourth-order valence-electron chi connectivity index (χ4n) is 2.85. The van der Waals surface area contributed by atoms with E-state index in [-0.39, 0.29) is 18.9 Å². The molecule has 23 heavy (non-hydrogen) atoms. The maximum atomic E-state index is 12.5. The van der Waals surface area contributed by atoms with Crippen molar-refractivity contribution in [2.24, 2.45) is 0 Å². The number of carboxylic acids is 1. The average molecular weight is 378 g/mol. The maximum absolute atomic E-state index is 12.5. The van der Waals surface area contributed by atoms with Gasteiger partial charge < -0.3 is 15.2 Å². The van der Waals surface area contributed by atoms with E-state index in [0.717, 1.165) is 15.2 Å². The Morgan fingerprint density at radius 3 is 2.65 bits per heavy atom. The van der Waals surface area contributed by atoms with Crippen molar-refractivity contribution in [3.8, 4) is 0 Å². The number of fused-ring (bicyclic) bond motifs is 1. The number of carbonyl (C=O) groups is 2. The normalized spacial score (nSPS) is 20.6. The number of carbonyl (C=O) groups excluding carboxylic acids is 1. The molecule has 0 aromatic heterocycles. The van der Waals surface area contributed by atoms with Crippen LogP contribution in [0.2, 0.25) is 0 Å². The number of hydrogen-bond acceptors (Lipinski definition) is 3. The lowest BCUT2D eigenvalue weighted by molar-refractivity contribution is -0.138. The summed E-state index contributed by atoms with van der Waals surface area (Å²) in [5.41, 5.74) is -0.311. The third-order valence-corrected chi connectivity index (χ3v) is 4.53.